The molecule has 1 fully saturated rings. The van der Waals surface area contributed by atoms with Crippen molar-refractivity contribution >= 4 is 11.7 Å². The predicted molar refractivity (Wildman–Crippen MR) is 99.6 cm³/mol. The first-order chi connectivity index (χ1) is 12.3. The third kappa shape index (κ3) is 3.68. The van der Waals surface area contributed by atoms with Crippen LogP contribution in [0.25, 0.3) is 0 Å². The monoisotopic (exact) mass is 335 g/mol. The summed E-state index contributed by atoms with van der Waals surface area (Å²) in [4.78, 5) is 19.1. The first kappa shape index (κ1) is 16.1. The molecule has 1 aliphatic carbocycles. The van der Waals surface area contributed by atoms with Gasteiger partial charge in [0.25, 0.3) is 0 Å². The van der Waals surface area contributed by atoms with Gasteiger partial charge in [-0.1, -0.05) is 30.3 Å². The molecule has 2 aliphatic rings. The van der Waals surface area contributed by atoms with Crippen molar-refractivity contribution in [1.82, 2.24) is 9.88 Å². The van der Waals surface area contributed by atoms with E-state index >= 15 is 0 Å². The van der Waals surface area contributed by atoms with E-state index in [2.05, 4.69) is 39.5 Å². The maximum Gasteiger partial charge on any atom is 0.223 e. The van der Waals surface area contributed by atoms with Gasteiger partial charge in [-0.2, -0.15) is 0 Å². The third-order valence-corrected chi connectivity index (χ3v) is 5.54. The molecule has 4 heteroatoms. The molecule has 1 N–H and O–H groups in total. The minimum Gasteiger partial charge on any atom is -0.367 e. The van der Waals surface area contributed by atoms with E-state index < -0.39 is 0 Å². The van der Waals surface area contributed by atoms with Crippen molar-refractivity contribution in [2.24, 2.45) is 0 Å². The summed E-state index contributed by atoms with van der Waals surface area (Å²) in [5.74, 6) is 1.65. The Morgan fingerprint density at radius 3 is 2.68 bits per heavy atom. The minimum absolute atomic E-state index is 0.318. The standard InChI is InChI=1S/C21H25N3O/c25-21(15-17-9-8-16-5-1-2-6-19(16)17)24-13-10-18(11-14-24)23-20-7-3-4-12-22-20/h1-7,12,17-18H,8-11,13-15H2,(H,22,23)/t17-/m1/s1. The van der Waals surface area contributed by atoms with E-state index in [1.165, 1.54) is 11.1 Å². The van der Waals surface area contributed by atoms with E-state index in [1.807, 2.05) is 18.2 Å². The molecule has 4 nitrogen and oxygen atoms in total. The fraction of sp³-hybridized carbons (Fsp3) is 0.429. The number of nitrogens with zero attached hydrogens (tertiary/aromatic N) is 2. The number of nitrogens with one attached hydrogen (secondary N) is 1. The Bertz CT molecular complexity index is 723. The fourth-order valence-electron chi connectivity index (χ4n) is 4.13. The number of pyridine rings is 1. The van der Waals surface area contributed by atoms with Gasteiger partial charge in [-0.3, -0.25) is 4.79 Å². The molecule has 25 heavy (non-hydrogen) atoms. The van der Waals surface area contributed by atoms with Crippen molar-refractivity contribution < 1.29 is 4.79 Å². The number of carbonyl (C=O) groups excluding carboxylic acids is 1. The zero-order chi connectivity index (χ0) is 17.1. The molecule has 1 atom stereocenters. The van der Waals surface area contributed by atoms with Gasteiger partial charge in [-0.05, 0) is 54.9 Å². The fourth-order valence-corrected chi connectivity index (χ4v) is 4.13. The molecule has 1 amide bonds. The Hall–Kier alpha value is -2.36. The Labute approximate surface area is 149 Å². The van der Waals surface area contributed by atoms with E-state index in [1.54, 1.807) is 6.20 Å². The maximum absolute atomic E-state index is 12.7. The van der Waals surface area contributed by atoms with Crippen LogP contribution in [0.1, 0.15) is 42.7 Å². The molecule has 0 radical (unpaired) electrons. The summed E-state index contributed by atoms with van der Waals surface area (Å²) in [6, 6.07) is 14.9. The normalized spacial score (nSPS) is 20.3. The molecule has 0 saturated carbocycles. The molecule has 2 heterocycles. The molecule has 0 bridgehead atoms. The van der Waals surface area contributed by atoms with Gasteiger partial charge in [-0.15, -0.1) is 0 Å². The molecule has 1 aliphatic heterocycles. The Kier molecular flexibility index (Phi) is 4.68. The second kappa shape index (κ2) is 7.26. The maximum atomic E-state index is 12.7. The van der Waals surface area contributed by atoms with Crippen molar-refractivity contribution in [3.8, 4) is 0 Å². The smallest absolute Gasteiger partial charge is 0.223 e. The molecular formula is C21H25N3O. The van der Waals surface area contributed by atoms with Gasteiger partial charge in [0.05, 0.1) is 0 Å². The quantitative estimate of drug-likeness (QED) is 0.928. The van der Waals surface area contributed by atoms with Crippen LogP contribution in [0.5, 0.6) is 0 Å². The SMILES string of the molecule is O=C(C[C@H]1CCc2ccccc21)N1CCC(Nc2ccccn2)CC1. The van der Waals surface area contributed by atoms with Gasteiger partial charge >= 0.3 is 0 Å². The Morgan fingerprint density at radius 1 is 1.08 bits per heavy atom. The first-order valence-corrected chi connectivity index (χ1v) is 9.33. The average molecular weight is 335 g/mol. The second-order valence-electron chi connectivity index (χ2n) is 7.15. The number of carbonyl (C=O) groups is 1. The van der Waals surface area contributed by atoms with Crippen molar-refractivity contribution in [2.75, 3.05) is 18.4 Å². The van der Waals surface area contributed by atoms with Crippen LogP contribution in [0.4, 0.5) is 5.82 Å². The van der Waals surface area contributed by atoms with Gasteiger partial charge in [0.15, 0.2) is 0 Å². The molecule has 130 valence electrons. The Balaban J connectivity index is 1.29. The number of rotatable bonds is 4. The van der Waals surface area contributed by atoms with Gasteiger partial charge < -0.3 is 10.2 Å². The van der Waals surface area contributed by atoms with E-state index in [0.717, 1.165) is 44.6 Å². The van der Waals surface area contributed by atoms with E-state index in [-0.39, 0.29) is 0 Å². The van der Waals surface area contributed by atoms with Gasteiger partial charge in [0.1, 0.15) is 5.82 Å². The molecule has 1 saturated heterocycles. The molecule has 1 aromatic heterocycles. The molecule has 0 unspecified atom stereocenters. The highest BCUT2D eigenvalue weighted by molar-refractivity contribution is 5.77. The first-order valence-electron chi connectivity index (χ1n) is 9.33. The lowest BCUT2D eigenvalue weighted by Gasteiger charge is -2.33. The predicted octanol–water partition coefficient (Wildman–Crippen LogP) is 3.60. The number of anilines is 1. The van der Waals surface area contributed by atoms with Crippen molar-refractivity contribution in [3.63, 3.8) is 0 Å². The van der Waals surface area contributed by atoms with Crippen LogP contribution in [0, 0.1) is 0 Å². The minimum atomic E-state index is 0.318. The molecule has 0 spiro atoms. The van der Waals surface area contributed by atoms with Gasteiger partial charge in [0, 0.05) is 31.7 Å². The summed E-state index contributed by atoms with van der Waals surface area (Å²) in [6.45, 7) is 1.69. The largest absolute Gasteiger partial charge is 0.367 e. The molecule has 2 aromatic rings. The number of aromatic nitrogens is 1. The lowest BCUT2D eigenvalue weighted by Crippen LogP contribution is -2.42. The highest BCUT2D eigenvalue weighted by atomic mass is 16.2. The average Bonchev–Trinajstić information content (AvgIpc) is 3.06. The zero-order valence-electron chi connectivity index (χ0n) is 14.5. The van der Waals surface area contributed by atoms with Crippen LogP contribution >= 0.6 is 0 Å². The van der Waals surface area contributed by atoms with Crippen LogP contribution in [0.15, 0.2) is 48.7 Å². The molecule has 4 rings (SSSR count). The number of amides is 1. The van der Waals surface area contributed by atoms with Crippen molar-refractivity contribution in [3.05, 3.63) is 59.8 Å². The lowest BCUT2D eigenvalue weighted by atomic mass is 9.96. The number of piperidine rings is 1. The van der Waals surface area contributed by atoms with Crippen LogP contribution in [-0.2, 0) is 11.2 Å². The van der Waals surface area contributed by atoms with Crippen molar-refractivity contribution in [2.45, 2.75) is 44.1 Å². The number of hydrogen-bond acceptors (Lipinski definition) is 3. The number of aryl methyl sites for hydroxylation is 1. The number of benzene rings is 1. The van der Waals surface area contributed by atoms with Crippen molar-refractivity contribution in [1.29, 1.82) is 0 Å². The number of fused-ring (bicyclic) bond motifs is 1. The second-order valence-corrected chi connectivity index (χ2v) is 7.15. The summed E-state index contributed by atoms with van der Waals surface area (Å²) < 4.78 is 0. The van der Waals surface area contributed by atoms with E-state index in [0.29, 0.717) is 24.3 Å². The van der Waals surface area contributed by atoms with Crippen LogP contribution < -0.4 is 5.32 Å². The van der Waals surface area contributed by atoms with Crippen LogP contribution in [-0.4, -0.2) is 34.9 Å². The number of likely N-dealkylation sites (tertiary alicyclic amines) is 1. The van der Waals surface area contributed by atoms with Crippen LogP contribution in [0.2, 0.25) is 0 Å². The summed E-state index contributed by atoms with van der Waals surface area (Å²) in [7, 11) is 0. The topological polar surface area (TPSA) is 45.2 Å². The zero-order valence-corrected chi connectivity index (χ0v) is 14.5. The third-order valence-electron chi connectivity index (χ3n) is 5.54. The van der Waals surface area contributed by atoms with Crippen LogP contribution in [0.3, 0.4) is 0 Å². The van der Waals surface area contributed by atoms with Gasteiger partial charge in [-0.25, -0.2) is 4.98 Å². The highest BCUT2D eigenvalue weighted by Crippen LogP contribution is 2.35. The van der Waals surface area contributed by atoms with Gasteiger partial charge in [0.2, 0.25) is 5.91 Å². The summed E-state index contributed by atoms with van der Waals surface area (Å²) in [6.07, 6.45) is 6.68. The van der Waals surface area contributed by atoms with E-state index in [4.69, 9.17) is 0 Å². The lowest BCUT2D eigenvalue weighted by molar-refractivity contribution is -0.132. The summed E-state index contributed by atoms with van der Waals surface area (Å²) >= 11 is 0. The highest BCUT2D eigenvalue weighted by Gasteiger charge is 2.28. The summed E-state index contributed by atoms with van der Waals surface area (Å²) in [5, 5.41) is 3.48. The summed E-state index contributed by atoms with van der Waals surface area (Å²) in [5.41, 5.74) is 2.82. The number of hydrogen-bond donors (Lipinski definition) is 1. The molecular weight excluding hydrogens is 310 g/mol. The Morgan fingerprint density at radius 2 is 1.88 bits per heavy atom. The van der Waals surface area contributed by atoms with E-state index in [9.17, 15) is 4.79 Å². The molecule has 1 aromatic carbocycles.